The molecule has 1 aliphatic rings. The van der Waals surface area contributed by atoms with E-state index in [0.29, 0.717) is 17.8 Å². The van der Waals surface area contributed by atoms with Crippen LogP contribution >= 0.6 is 11.3 Å². The number of thiophene rings is 1. The van der Waals surface area contributed by atoms with Gasteiger partial charge in [0.2, 0.25) is 5.69 Å². The zero-order valence-electron chi connectivity index (χ0n) is 41.6. The van der Waals surface area contributed by atoms with Gasteiger partial charge in [-0.3, -0.25) is 0 Å². The molecule has 0 saturated carbocycles. The molecule has 68 heavy (non-hydrogen) atoms. The van der Waals surface area contributed by atoms with E-state index >= 15 is 0 Å². The van der Waals surface area contributed by atoms with E-state index in [4.69, 9.17) is 0 Å². The first-order valence-electron chi connectivity index (χ1n) is 25.0. The van der Waals surface area contributed by atoms with E-state index < -0.39 is 8.07 Å². The highest BCUT2D eigenvalue weighted by molar-refractivity contribution is 7.26. The summed E-state index contributed by atoms with van der Waals surface area (Å²) in [6.07, 6.45) is 5.89. The number of fused-ring (bicyclic) bond motifs is 10. The molecule has 2 atom stereocenters. The third-order valence-electron chi connectivity index (χ3n) is 15.0. The number of benzene rings is 7. The molecule has 0 fully saturated rings. The predicted molar refractivity (Wildman–Crippen MR) is 295 cm³/mol. The third-order valence-corrected chi connectivity index (χ3v) is 18.3. The second-order valence-corrected chi connectivity index (χ2v) is 27.8. The minimum atomic E-state index is -1.73. The Bertz CT molecular complexity index is 3630. The fourth-order valence-corrected chi connectivity index (χ4v) is 14.8. The average molecular weight is 924 g/mol. The lowest BCUT2D eigenvalue weighted by atomic mass is 9.82. The molecule has 0 aliphatic carbocycles. The van der Waals surface area contributed by atoms with Crippen LogP contribution in [0.1, 0.15) is 93.2 Å². The zero-order chi connectivity index (χ0) is 47.3. The summed E-state index contributed by atoms with van der Waals surface area (Å²) in [5.74, 6) is 2.57. The third kappa shape index (κ3) is 7.10. The van der Waals surface area contributed by atoms with Gasteiger partial charge in [-0.15, -0.1) is 11.3 Å². The van der Waals surface area contributed by atoms with Gasteiger partial charge in [-0.1, -0.05) is 165 Å². The van der Waals surface area contributed by atoms with E-state index in [9.17, 15) is 0 Å². The first-order valence-corrected chi connectivity index (χ1v) is 29.3. The van der Waals surface area contributed by atoms with Crippen LogP contribution in [0.25, 0.3) is 81.1 Å². The highest BCUT2D eigenvalue weighted by atomic mass is 32.1. The lowest BCUT2D eigenvalue weighted by molar-refractivity contribution is -0.725. The van der Waals surface area contributed by atoms with Crippen LogP contribution in [0.15, 0.2) is 152 Å². The summed E-state index contributed by atoms with van der Waals surface area (Å²) in [5.41, 5.74) is 14.7. The number of aryl methyl sites for hydroxylation is 1. The van der Waals surface area contributed by atoms with Gasteiger partial charge in [-0.25, -0.2) is 4.57 Å². The number of imidazole rings is 1. The topological polar surface area (TPSA) is 12.7 Å². The average Bonchev–Trinajstić information content (AvgIpc) is 3.84. The van der Waals surface area contributed by atoms with E-state index in [-0.39, 0.29) is 12.0 Å². The molecular formula is C63H65N3SSi+2. The van der Waals surface area contributed by atoms with E-state index in [2.05, 4.69) is 234 Å². The Kier molecular flexibility index (Phi) is 11.0. The Balaban J connectivity index is 1.24. The lowest BCUT2D eigenvalue weighted by Gasteiger charge is -2.31. The van der Waals surface area contributed by atoms with Crippen LogP contribution in [0.4, 0.5) is 0 Å². The van der Waals surface area contributed by atoms with Crippen LogP contribution in [0.3, 0.4) is 0 Å². The number of nitrogens with zero attached hydrogens (tertiary/aromatic N) is 3. The van der Waals surface area contributed by atoms with Crippen LogP contribution in [0.2, 0.25) is 19.6 Å². The summed E-state index contributed by atoms with van der Waals surface area (Å²) in [6, 6.07) is 51.2. The highest BCUT2D eigenvalue weighted by Gasteiger charge is 2.44. The molecule has 4 heterocycles. The molecule has 0 radical (unpaired) electrons. The SMILES string of the molecule is C=CC1C(C[n+]2c(-c3c(C)ccc4c3sc3cc5c(ccc6ccccc65)cc34)n(-c3c(C(C)C)cccc3C(C)C)c3ccccc32)c2ccccc2-c2cc(CC(C)C)c([Si](C)(C)C)c[n+]21. The fourth-order valence-electron chi connectivity index (χ4n) is 11.8. The number of hydrogen-bond donors (Lipinski definition) is 0. The molecular weight excluding hydrogens is 859 g/mol. The second-order valence-electron chi connectivity index (χ2n) is 21.7. The molecule has 10 aromatic rings. The minimum Gasteiger partial charge on any atom is -0.222 e. The Morgan fingerprint density at radius 2 is 1.41 bits per heavy atom. The molecule has 7 aromatic carbocycles. The normalized spacial score (nSPS) is 15.2. The van der Waals surface area contributed by atoms with Gasteiger partial charge >= 0.3 is 0 Å². The molecule has 2 unspecified atom stereocenters. The maximum atomic E-state index is 4.67. The van der Waals surface area contributed by atoms with Crippen molar-refractivity contribution < 1.29 is 9.13 Å². The first kappa shape index (κ1) is 44.4. The highest BCUT2D eigenvalue weighted by Crippen LogP contribution is 2.47. The zero-order valence-corrected chi connectivity index (χ0v) is 43.4. The van der Waals surface area contributed by atoms with Crippen molar-refractivity contribution in [1.29, 1.82) is 0 Å². The molecule has 11 rings (SSSR count). The smallest absolute Gasteiger partial charge is 0.222 e. The van der Waals surface area contributed by atoms with E-state index in [1.165, 1.54) is 109 Å². The molecule has 1 aliphatic heterocycles. The van der Waals surface area contributed by atoms with Crippen LogP contribution in [-0.2, 0) is 13.0 Å². The summed E-state index contributed by atoms with van der Waals surface area (Å²) in [7, 11) is -1.73. The van der Waals surface area contributed by atoms with Gasteiger partial charge in [0.1, 0.15) is 12.2 Å². The molecule has 0 N–H and O–H groups in total. The molecule has 340 valence electrons. The van der Waals surface area contributed by atoms with Gasteiger partial charge < -0.3 is 0 Å². The maximum absolute atomic E-state index is 4.67. The van der Waals surface area contributed by atoms with Crippen LogP contribution in [0.5, 0.6) is 0 Å². The second kappa shape index (κ2) is 16.8. The standard InChI is InChI=1S/C63H65N3SSi/c1-12-54-53(48-22-15-16-23-49(48)57-34-44(32-38(2)3)59(37-64(54)57)68(9,10)11)36-65-55-26-17-18-27-56(55)66(61-45(39(4)5)24-19-25-46(61)40(6)7)63(65)60-41(8)28-31-50-52-33-43-30-29-42-20-13-14-21-47(42)51(43)35-58(52)67-62(50)60/h12-31,33-35,37-40,53-54H,1,32,36H2,2-11H3/q+2. The Hall–Kier alpha value is -6.14. The van der Waals surface area contributed by atoms with Crippen molar-refractivity contribution in [3.05, 3.63) is 180 Å². The van der Waals surface area contributed by atoms with Crippen molar-refractivity contribution in [2.24, 2.45) is 5.92 Å². The van der Waals surface area contributed by atoms with E-state index in [0.717, 1.165) is 13.0 Å². The van der Waals surface area contributed by atoms with E-state index in [1.807, 2.05) is 11.3 Å². The monoisotopic (exact) mass is 923 g/mol. The van der Waals surface area contributed by atoms with Crippen molar-refractivity contribution in [3.8, 4) is 28.3 Å². The Morgan fingerprint density at radius 3 is 2.15 bits per heavy atom. The van der Waals surface area contributed by atoms with Crippen molar-refractivity contribution in [2.75, 3.05) is 0 Å². The van der Waals surface area contributed by atoms with E-state index in [1.54, 1.807) is 5.19 Å². The number of hydrogen-bond acceptors (Lipinski definition) is 1. The summed E-state index contributed by atoms with van der Waals surface area (Å²) >= 11 is 1.96. The number of allylic oxidation sites excluding steroid dienone is 1. The molecule has 0 saturated heterocycles. The van der Waals surface area contributed by atoms with Gasteiger partial charge in [-0.2, -0.15) is 9.13 Å². The lowest BCUT2D eigenvalue weighted by Crippen LogP contribution is -2.55. The number of aromatic nitrogens is 3. The predicted octanol–water partition coefficient (Wildman–Crippen LogP) is 16.0. The Labute approximate surface area is 408 Å². The van der Waals surface area contributed by atoms with Crippen molar-refractivity contribution in [2.45, 2.75) is 105 Å². The quantitative estimate of drug-likeness (QED) is 0.0561. The first-order chi connectivity index (χ1) is 32.7. The van der Waals surface area contributed by atoms with Crippen LogP contribution in [-0.4, -0.2) is 12.6 Å². The largest absolute Gasteiger partial charge is 0.296 e. The van der Waals surface area contributed by atoms with Gasteiger partial charge in [0.15, 0.2) is 23.3 Å². The summed E-state index contributed by atoms with van der Waals surface area (Å²) in [6.45, 7) is 29.5. The molecule has 0 spiro atoms. The van der Waals surface area contributed by atoms with Gasteiger partial charge in [0.25, 0.3) is 5.82 Å². The van der Waals surface area contributed by atoms with Gasteiger partial charge in [0.05, 0.1) is 29.8 Å². The molecule has 3 nitrogen and oxygen atoms in total. The number of rotatable bonds is 10. The molecule has 5 heteroatoms. The molecule has 3 aromatic heterocycles. The summed E-state index contributed by atoms with van der Waals surface area (Å²) in [5, 5.41) is 9.39. The fraction of sp³-hybridized carbons (Fsp3) is 0.270. The van der Waals surface area contributed by atoms with Gasteiger partial charge in [0, 0.05) is 37.9 Å². The number of para-hydroxylation sites is 3. The summed E-state index contributed by atoms with van der Waals surface area (Å²) < 4.78 is 10.7. The summed E-state index contributed by atoms with van der Waals surface area (Å²) in [4.78, 5) is 0. The molecule has 0 bridgehead atoms. The van der Waals surface area contributed by atoms with Crippen molar-refractivity contribution in [3.63, 3.8) is 0 Å². The van der Waals surface area contributed by atoms with Crippen molar-refractivity contribution in [1.82, 2.24) is 4.57 Å². The van der Waals surface area contributed by atoms with Gasteiger partial charge in [-0.05, 0) is 106 Å². The van der Waals surface area contributed by atoms with Crippen molar-refractivity contribution >= 4 is 77.3 Å². The van der Waals surface area contributed by atoms with Crippen LogP contribution in [0, 0.1) is 12.8 Å². The minimum absolute atomic E-state index is 0.0446. The maximum Gasteiger partial charge on any atom is 0.296 e. The Morgan fingerprint density at radius 1 is 0.706 bits per heavy atom. The molecule has 0 amide bonds. The van der Waals surface area contributed by atoms with Crippen LogP contribution < -0.4 is 14.3 Å². The number of pyridine rings is 1.